The normalized spacial score (nSPS) is 12.8. The zero-order valence-electron chi connectivity index (χ0n) is 16.9. The number of nitrogens with one attached hydrogen (secondary N) is 2. The van der Waals surface area contributed by atoms with Crippen molar-refractivity contribution in [3.63, 3.8) is 0 Å². The lowest BCUT2D eigenvalue weighted by atomic mass is 10.1. The van der Waals surface area contributed by atoms with Crippen LogP contribution in [0.5, 0.6) is 5.75 Å². The van der Waals surface area contributed by atoms with Gasteiger partial charge in [-0.05, 0) is 61.2 Å². The van der Waals surface area contributed by atoms with Crippen LogP contribution in [-0.2, 0) is 6.61 Å². The Balaban J connectivity index is 1.44. The van der Waals surface area contributed by atoms with Crippen LogP contribution in [0.2, 0.25) is 0 Å². The SMILES string of the molecule is Cc1ccc(C(=O)NC2CC2)cc1NC(=O)c1cccc(OCc2ccccc2)c1. The van der Waals surface area contributed by atoms with Crippen molar-refractivity contribution in [2.75, 3.05) is 5.32 Å². The summed E-state index contributed by atoms with van der Waals surface area (Å²) in [5.74, 6) is 0.271. The Hall–Kier alpha value is -3.60. The highest BCUT2D eigenvalue weighted by Crippen LogP contribution is 2.22. The molecule has 3 aromatic carbocycles. The molecule has 0 saturated heterocycles. The first-order valence-corrected chi connectivity index (χ1v) is 10.1. The summed E-state index contributed by atoms with van der Waals surface area (Å²) in [6, 6.07) is 22.6. The largest absolute Gasteiger partial charge is 0.489 e. The molecule has 0 bridgehead atoms. The first-order chi connectivity index (χ1) is 14.6. The van der Waals surface area contributed by atoms with Crippen LogP contribution in [0.15, 0.2) is 72.8 Å². The number of ether oxygens (including phenoxy) is 1. The van der Waals surface area contributed by atoms with Crippen LogP contribution in [0.4, 0.5) is 5.69 Å². The van der Waals surface area contributed by atoms with E-state index in [0.29, 0.717) is 29.2 Å². The summed E-state index contributed by atoms with van der Waals surface area (Å²) in [5, 5.41) is 5.89. The zero-order chi connectivity index (χ0) is 20.9. The topological polar surface area (TPSA) is 67.4 Å². The summed E-state index contributed by atoms with van der Waals surface area (Å²) in [7, 11) is 0. The van der Waals surface area contributed by atoms with Gasteiger partial charge >= 0.3 is 0 Å². The van der Waals surface area contributed by atoms with Gasteiger partial charge in [0.1, 0.15) is 12.4 Å². The maximum Gasteiger partial charge on any atom is 0.255 e. The maximum absolute atomic E-state index is 12.8. The first-order valence-electron chi connectivity index (χ1n) is 10.1. The van der Waals surface area contributed by atoms with Crippen molar-refractivity contribution in [1.29, 1.82) is 0 Å². The van der Waals surface area contributed by atoms with Crippen molar-refractivity contribution in [3.8, 4) is 5.75 Å². The fourth-order valence-corrected chi connectivity index (χ4v) is 3.06. The van der Waals surface area contributed by atoms with E-state index < -0.39 is 0 Å². The number of hydrogen-bond donors (Lipinski definition) is 2. The molecular formula is C25H24N2O3. The summed E-state index contributed by atoms with van der Waals surface area (Å²) in [4.78, 5) is 25.1. The van der Waals surface area contributed by atoms with Gasteiger partial charge < -0.3 is 15.4 Å². The summed E-state index contributed by atoms with van der Waals surface area (Å²) in [6.45, 7) is 2.33. The molecule has 0 heterocycles. The number of amides is 2. The van der Waals surface area contributed by atoms with E-state index in [1.165, 1.54) is 0 Å². The number of hydrogen-bond acceptors (Lipinski definition) is 3. The molecule has 5 heteroatoms. The third-order valence-electron chi connectivity index (χ3n) is 5.01. The molecule has 0 spiro atoms. The minimum absolute atomic E-state index is 0.107. The van der Waals surface area contributed by atoms with Crippen molar-refractivity contribution in [1.82, 2.24) is 5.32 Å². The van der Waals surface area contributed by atoms with E-state index in [4.69, 9.17) is 4.74 Å². The summed E-state index contributed by atoms with van der Waals surface area (Å²) in [6.07, 6.45) is 2.06. The number of rotatable bonds is 7. The minimum Gasteiger partial charge on any atom is -0.489 e. The Morgan fingerprint density at radius 1 is 0.900 bits per heavy atom. The molecule has 4 rings (SSSR count). The third-order valence-corrected chi connectivity index (χ3v) is 5.01. The molecule has 5 nitrogen and oxygen atoms in total. The first kappa shape index (κ1) is 19.7. The molecule has 2 amide bonds. The van der Waals surface area contributed by atoms with Crippen LogP contribution in [0, 0.1) is 6.92 Å². The van der Waals surface area contributed by atoms with Gasteiger partial charge in [0, 0.05) is 22.9 Å². The molecule has 1 saturated carbocycles. The molecule has 2 N–H and O–H groups in total. The van der Waals surface area contributed by atoms with Crippen molar-refractivity contribution in [3.05, 3.63) is 95.1 Å². The second-order valence-corrected chi connectivity index (χ2v) is 7.53. The molecule has 30 heavy (non-hydrogen) atoms. The molecule has 1 aliphatic carbocycles. The van der Waals surface area contributed by atoms with Crippen LogP contribution in [0.3, 0.4) is 0 Å². The van der Waals surface area contributed by atoms with Crippen molar-refractivity contribution in [2.24, 2.45) is 0 Å². The molecule has 152 valence electrons. The summed E-state index contributed by atoms with van der Waals surface area (Å²) >= 11 is 0. The van der Waals surface area contributed by atoms with Gasteiger partial charge in [0.25, 0.3) is 11.8 Å². The highest BCUT2D eigenvalue weighted by atomic mass is 16.5. The fraction of sp³-hybridized carbons (Fsp3) is 0.200. The zero-order valence-corrected chi connectivity index (χ0v) is 16.9. The van der Waals surface area contributed by atoms with Crippen LogP contribution in [0.1, 0.15) is 44.7 Å². The average molecular weight is 400 g/mol. The van der Waals surface area contributed by atoms with Gasteiger partial charge in [-0.1, -0.05) is 42.5 Å². The third kappa shape index (κ3) is 5.06. The van der Waals surface area contributed by atoms with Crippen LogP contribution in [0.25, 0.3) is 0 Å². The summed E-state index contributed by atoms with van der Waals surface area (Å²) < 4.78 is 5.82. The lowest BCUT2D eigenvalue weighted by Gasteiger charge is -2.12. The van der Waals surface area contributed by atoms with E-state index in [1.54, 1.807) is 30.3 Å². The highest BCUT2D eigenvalue weighted by Gasteiger charge is 2.24. The van der Waals surface area contributed by atoms with Crippen molar-refractivity contribution >= 4 is 17.5 Å². The molecule has 0 unspecified atom stereocenters. The van der Waals surface area contributed by atoms with Gasteiger partial charge in [-0.3, -0.25) is 9.59 Å². The van der Waals surface area contributed by atoms with Gasteiger partial charge in [-0.15, -0.1) is 0 Å². The van der Waals surface area contributed by atoms with E-state index in [0.717, 1.165) is 24.0 Å². The second kappa shape index (κ2) is 8.82. The molecule has 1 aliphatic rings. The molecular weight excluding hydrogens is 376 g/mol. The molecule has 0 aliphatic heterocycles. The van der Waals surface area contributed by atoms with E-state index in [-0.39, 0.29) is 17.9 Å². The molecule has 1 fully saturated rings. The predicted molar refractivity (Wildman–Crippen MR) is 117 cm³/mol. The summed E-state index contributed by atoms with van der Waals surface area (Å²) in [5.41, 5.74) is 3.61. The van der Waals surface area contributed by atoms with Crippen molar-refractivity contribution in [2.45, 2.75) is 32.4 Å². The molecule has 0 radical (unpaired) electrons. The second-order valence-electron chi connectivity index (χ2n) is 7.53. The van der Waals surface area contributed by atoms with Crippen LogP contribution < -0.4 is 15.4 Å². The van der Waals surface area contributed by atoms with Gasteiger partial charge in [-0.2, -0.15) is 0 Å². The average Bonchev–Trinajstić information content (AvgIpc) is 3.58. The standard InChI is InChI=1S/C25H24N2O3/c1-17-10-11-20(24(28)26-21-12-13-21)15-23(17)27-25(29)19-8-5-9-22(14-19)30-16-18-6-3-2-4-7-18/h2-11,14-15,21H,12-13,16H2,1H3,(H,26,28)(H,27,29). The van der Waals surface area contributed by atoms with Gasteiger partial charge in [-0.25, -0.2) is 0 Å². The maximum atomic E-state index is 12.8. The van der Waals surface area contributed by atoms with E-state index >= 15 is 0 Å². The molecule has 0 aromatic heterocycles. The van der Waals surface area contributed by atoms with Gasteiger partial charge in [0.15, 0.2) is 0 Å². The number of carbonyl (C=O) groups excluding carboxylic acids is 2. The quantitative estimate of drug-likeness (QED) is 0.603. The lowest BCUT2D eigenvalue weighted by Crippen LogP contribution is -2.25. The number of anilines is 1. The van der Waals surface area contributed by atoms with Crippen LogP contribution >= 0.6 is 0 Å². The monoisotopic (exact) mass is 400 g/mol. The minimum atomic E-state index is -0.247. The Morgan fingerprint density at radius 3 is 2.43 bits per heavy atom. The Bertz CT molecular complexity index is 1060. The van der Waals surface area contributed by atoms with Crippen LogP contribution in [-0.4, -0.2) is 17.9 Å². The van der Waals surface area contributed by atoms with Gasteiger partial charge in [0.2, 0.25) is 0 Å². The molecule has 0 atom stereocenters. The fourth-order valence-electron chi connectivity index (χ4n) is 3.06. The highest BCUT2D eigenvalue weighted by molar-refractivity contribution is 6.05. The Labute approximate surface area is 176 Å². The van der Waals surface area contributed by atoms with Gasteiger partial charge in [0.05, 0.1) is 0 Å². The smallest absolute Gasteiger partial charge is 0.255 e. The van der Waals surface area contributed by atoms with E-state index in [9.17, 15) is 9.59 Å². The van der Waals surface area contributed by atoms with E-state index in [1.807, 2.05) is 49.4 Å². The number of aryl methyl sites for hydroxylation is 1. The number of benzene rings is 3. The Kier molecular flexibility index (Phi) is 5.80. The molecule has 3 aromatic rings. The predicted octanol–water partition coefficient (Wildman–Crippen LogP) is 4.72. The van der Waals surface area contributed by atoms with E-state index in [2.05, 4.69) is 10.6 Å². The Morgan fingerprint density at radius 2 is 1.67 bits per heavy atom. The lowest BCUT2D eigenvalue weighted by molar-refractivity contribution is 0.0949. The van der Waals surface area contributed by atoms with Crippen molar-refractivity contribution < 1.29 is 14.3 Å². The number of carbonyl (C=O) groups is 2.